The first-order valence-corrected chi connectivity index (χ1v) is 7.58. The van der Waals surface area contributed by atoms with E-state index in [1.165, 1.54) is 44.9 Å². The average molecular weight is 288 g/mol. The Labute approximate surface area is 121 Å². The molecule has 3 nitrogen and oxygen atoms in total. The molecule has 0 aliphatic heterocycles. The molecular formula is C15H26ClNO2. The largest absolute Gasteiger partial charge is 0.481 e. The fraction of sp³-hybridized carbons (Fsp3) is 0.933. The molecule has 0 heterocycles. The van der Waals surface area contributed by atoms with Gasteiger partial charge in [-0.25, -0.2) is 0 Å². The van der Waals surface area contributed by atoms with Gasteiger partial charge < -0.3 is 10.4 Å². The minimum Gasteiger partial charge on any atom is -0.481 e. The van der Waals surface area contributed by atoms with E-state index in [-0.39, 0.29) is 18.8 Å². The molecule has 19 heavy (non-hydrogen) atoms. The Morgan fingerprint density at radius 2 is 1.58 bits per heavy atom. The van der Waals surface area contributed by atoms with Gasteiger partial charge in [0, 0.05) is 6.54 Å². The molecular weight excluding hydrogens is 262 g/mol. The monoisotopic (exact) mass is 287 g/mol. The zero-order chi connectivity index (χ0) is 12.6. The van der Waals surface area contributed by atoms with Gasteiger partial charge in [-0.05, 0) is 74.7 Å². The quantitative estimate of drug-likeness (QED) is 0.738. The summed E-state index contributed by atoms with van der Waals surface area (Å²) in [7, 11) is 0. The first kappa shape index (κ1) is 15.1. The molecule has 2 N–H and O–H groups in total. The molecule has 0 unspecified atom stereocenters. The lowest BCUT2D eigenvalue weighted by Gasteiger charge is -2.57. The maximum absolute atomic E-state index is 10.4. The summed E-state index contributed by atoms with van der Waals surface area (Å²) in [6.07, 6.45) is 10.4. The van der Waals surface area contributed by atoms with Gasteiger partial charge in [-0.2, -0.15) is 0 Å². The van der Waals surface area contributed by atoms with Gasteiger partial charge in [0.2, 0.25) is 0 Å². The van der Waals surface area contributed by atoms with Gasteiger partial charge >= 0.3 is 5.97 Å². The normalized spacial score (nSPS) is 39.1. The molecule has 4 bridgehead atoms. The molecule has 4 rings (SSSR count). The second-order valence-electron chi connectivity index (χ2n) is 7.06. The van der Waals surface area contributed by atoms with E-state index in [0.29, 0.717) is 12.0 Å². The van der Waals surface area contributed by atoms with Gasteiger partial charge in [-0.3, -0.25) is 4.79 Å². The summed E-state index contributed by atoms with van der Waals surface area (Å²) in [6, 6.07) is 0. The Kier molecular flexibility index (Phi) is 4.78. The lowest BCUT2D eigenvalue weighted by atomic mass is 9.49. The molecule has 0 aromatic rings. The predicted octanol–water partition coefficient (Wildman–Crippen LogP) is 3.08. The van der Waals surface area contributed by atoms with E-state index in [2.05, 4.69) is 5.32 Å². The van der Waals surface area contributed by atoms with E-state index in [4.69, 9.17) is 5.11 Å². The van der Waals surface area contributed by atoms with E-state index in [0.717, 1.165) is 24.3 Å². The highest BCUT2D eigenvalue weighted by molar-refractivity contribution is 5.85. The molecule has 4 heteroatoms. The lowest BCUT2D eigenvalue weighted by molar-refractivity contribution is -0.136. The summed E-state index contributed by atoms with van der Waals surface area (Å²) in [5.74, 6) is 2.37. The van der Waals surface area contributed by atoms with Crippen LogP contribution in [0.15, 0.2) is 0 Å². The smallest absolute Gasteiger partial charge is 0.304 e. The van der Waals surface area contributed by atoms with Crippen LogP contribution in [0.1, 0.15) is 51.4 Å². The number of carboxylic acid groups (broad SMARTS) is 1. The Bertz CT molecular complexity index is 297. The number of rotatable bonds is 6. The highest BCUT2D eigenvalue weighted by Gasteiger charge is 2.50. The maximum Gasteiger partial charge on any atom is 0.304 e. The Morgan fingerprint density at radius 3 is 2.05 bits per heavy atom. The van der Waals surface area contributed by atoms with Crippen molar-refractivity contribution >= 4 is 18.4 Å². The summed E-state index contributed by atoms with van der Waals surface area (Å²) < 4.78 is 0. The van der Waals surface area contributed by atoms with Crippen molar-refractivity contribution in [2.45, 2.75) is 51.4 Å². The van der Waals surface area contributed by atoms with Crippen molar-refractivity contribution in [3.63, 3.8) is 0 Å². The van der Waals surface area contributed by atoms with Crippen molar-refractivity contribution in [1.82, 2.24) is 5.32 Å². The van der Waals surface area contributed by atoms with Crippen LogP contribution in [0.2, 0.25) is 0 Å². The van der Waals surface area contributed by atoms with Gasteiger partial charge in [-0.1, -0.05) is 0 Å². The highest BCUT2D eigenvalue weighted by atomic mass is 35.5. The van der Waals surface area contributed by atoms with Crippen LogP contribution in [0.4, 0.5) is 0 Å². The van der Waals surface area contributed by atoms with Crippen LogP contribution >= 0.6 is 12.4 Å². The highest BCUT2D eigenvalue weighted by Crippen LogP contribution is 2.61. The number of halogens is 1. The topological polar surface area (TPSA) is 49.3 Å². The first-order valence-electron chi connectivity index (χ1n) is 7.58. The first-order chi connectivity index (χ1) is 8.65. The molecule has 0 aromatic heterocycles. The minimum atomic E-state index is -0.697. The predicted molar refractivity (Wildman–Crippen MR) is 77.6 cm³/mol. The van der Waals surface area contributed by atoms with Crippen LogP contribution in [0.25, 0.3) is 0 Å². The van der Waals surface area contributed by atoms with Crippen LogP contribution < -0.4 is 5.32 Å². The van der Waals surface area contributed by atoms with Crippen molar-refractivity contribution in [1.29, 1.82) is 0 Å². The second kappa shape index (κ2) is 6.01. The Balaban J connectivity index is 0.00000133. The Hall–Kier alpha value is -0.280. The zero-order valence-corrected chi connectivity index (χ0v) is 12.4. The fourth-order valence-electron chi connectivity index (χ4n) is 5.27. The molecule has 0 amide bonds. The lowest BCUT2D eigenvalue weighted by Crippen LogP contribution is -2.47. The van der Waals surface area contributed by atoms with Crippen molar-refractivity contribution in [2.75, 3.05) is 13.1 Å². The SMILES string of the molecule is Cl.O=C(O)CCNCCC12CC3CC(CC(C3)C1)C2. The van der Waals surface area contributed by atoms with Crippen LogP contribution in [-0.2, 0) is 4.79 Å². The van der Waals surface area contributed by atoms with Gasteiger partial charge in [0.1, 0.15) is 0 Å². The molecule has 0 aromatic carbocycles. The van der Waals surface area contributed by atoms with Crippen molar-refractivity contribution in [3.8, 4) is 0 Å². The summed E-state index contributed by atoms with van der Waals surface area (Å²) in [4.78, 5) is 10.4. The number of nitrogens with one attached hydrogen (secondary N) is 1. The molecule has 4 aliphatic carbocycles. The minimum absolute atomic E-state index is 0. The molecule has 4 aliphatic rings. The third kappa shape index (κ3) is 3.43. The van der Waals surface area contributed by atoms with Gasteiger partial charge in [0.15, 0.2) is 0 Å². The standard InChI is InChI=1S/C15H25NO2.ClH/c17-14(18)1-3-16-4-2-15-8-11-5-12(9-15)7-13(6-11)10-15;/h11-13,16H,1-10H2,(H,17,18);1H. The zero-order valence-electron chi connectivity index (χ0n) is 11.6. The molecule has 0 spiro atoms. The second-order valence-corrected chi connectivity index (χ2v) is 7.06. The molecule has 4 saturated carbocycles. The fourth-order valence-corrected chi connectivity index (χ4v) is 5.27. The summed E-state index contributed by atoms with van der Waals surface area (Å²) >= 11 is 0. The number of carboxylic acids is 1. The molecule has 0 radical (unpaired) electrons. The van der Waals surface area contributed by atoms with Crippen molar-refractivity contribution < 1.29 is 9.90 Å². The van der Waals surface area contributed by atoms with E-state index in [9.17, 15) is 4.79 Å². The van der Waals surface area contributed by atoms with E-state index in [1.54, 1.807) is 0 Å². The molecule has 0 saturated heterocycles. The number of carbonyl (C=O) groups is 1. The summed E-state index contributed by atoms with van der Waals surface area (Å²) in [5, 5.41) is 11.9. The maximum atomic E-state index is 10.4. The number of aliphatic carboxylic acids is 1. The summed E-state index contributed by atoms with van der Waals surface area (Å²) in [6.45, 7) is 1.64. The number of hydrogen-bond acceptors (Lipinski definition) is 2. The van der Waals surface area contributed by atoms with E-state index in [1.807, 2.05) is 0 Å². The van der Waals surface area contributed by atoms with Gasteiger partial charge in [-0.15, -0.1) is 12.4 Å². The van der Waals surface area contributed by atoms with Crippen LogP contribution in [-0.4, -0.2) is 24.2 Å². The number of hydrogen-bond donors (Lipinski definition) is 2. The van der Waals surface area contributed by atoms with Crippen LogP contribution in [0, 0.1) is 23.2 Å². The van der Waals surface area contributed by atoms with E-state index >= 15 is 0 Å². The van der Waals surface area contributed by atoms with E-state index < -0.39 is 5.97 Å². The third-order valence-electron chi connectivity index (χ3n) is 5.51. The van der Waals surface area contributed by atoms with Crippen LogP contribution in [0.5, 0.6) is 0 Å². The molecule has 110 valence electrons. The Morgan fingerprint density at radius 1 is 1.05 bits per heavy atom. The molecule has 0 atom stereocenters. The average Bonchev–Trinajstić information content (AvgIpc) is 2.25. The molecule has 4 fully saturated rings. The van der Waals surface area contributed by atoms with Gasteiger partial charge in [0.05, 0.1) is 6.42 Å². The van der Waals surface area contributed by atoms with Crippen molar-refractivity contribution in [2.24, 2.45) is 23.2 Å². The van der Waals surface area contributed by atoms with Crippen molar-refractivity contribution in [3.05, 3.63) is 0 Å². The van der Waals surface area contributed by atoms with Crippen LogP contribution in [0.3, 0.4) is 0 Å². The summed E-state index contributed by atoms with van der Waals surface area (Å²) in [5.41, 5.74) is 0.630. The third-order valence-corrected chi connectivity index (χ3v) is 5.51. The van der Waals surface area contributed by atoms with Gasteiger partial charge in [0.25, 0.3) is 0 Å².